The van der Waals surface area contributed by atoms with Gasteiger partial charge in [-0.25, -0.2) is 4.79 Å². The summed E-state index contributed by atoms with van der Waals surface area (Å²) in [4.78, 5) is 30.7. The van der Waals surface area contributed by atoms with Crippen LogP contribution in [0.1, 0.15) is 5.56 Å². The van der Waals surface area contributed by atoms with Crippen LogP contribution in [0.2, 0.25) is 0 Å². The fourth-order valence-corrected chi connectivity index (χ4v) is 2.59. The standard InChI is InChI=1S/C12H9N3O2S/c16-11-10-9(3-5-18-10)14-12(17)15(11)7-8-2-1-4-13-6-8/h1-6H,7H2,(H,14,17). The zero-order valence-corrected chi connectivity index (χ0v) is 10.1. The molecule has 1 N–H and O–H groups in total. The zero-order valence-electron chi connectivity index (χ0n) is 9.29. The molecule has 0 bridgehead atoms. The molecule has 0 unspecified atom stereocenters. The first-order chi connectivity index (χ1) is 8.75. The van der Waals surface area contributed by atoms with Crippen molar-refractivity contribution in [2.75, 3.05) is 0 Å². The Bertz CT molecular complexity index is 801. The molecular formula is C12H9N3O2S. The molecule has 0 saturated heterocycles. The summed E-state index contributed by atoms with van der Waals surface area (Å²) in [6.45, 7) is 0.232. The van der Waals surface area contributed by atoms with Gasteiger partial charge in [-0.15, -0.1) is 11.3 Å². The van der Waals surface area contributed by atoms with Gasteiger partial charge in [0, 0.05) is 12.4 Å². The van der Waals surface area contributed by atoms with Crippen molar-refractivity contribution in [1.29, 1.82) is 0 Å². The molecule has 3 aromatic heterocycles. The van der Waals surface area contributed by atoms with E-state index in [0.29, 0.717) is 10.2 Å². The third-order valence-corrected chi connectivity index (χ3v) is 3.56. The molecule has 90 valence electrons. The summed E-state index contributed by atoms with van der Waals surface area (Å²) >= 11 is 1.33. The van der Waals surface area contributed by atoms with Crippen LogP contribution in [0, 0.1) is 0 Å². The van der Waals surface area contributed by atoms with Crippen LogP contribution in [0.5, 0.6) is 0 Å². The van der Waals surface area contributed by atoms with Crippen molar-refractivity contribution in [3.05, 3.63) is 62.4 Å². The average molecular weight is 259 g/mol. The van der Waals surface area contributed by atoms with E-state index >= 15 is 0 Å². The summed E-state index contributed by atoms with van der Waals surface area (Å²) in [5.74, 6) is 0. The van der Waals surface area contributed by atoms with Crippen LogP contribution in [0.15, 0.2) is 45.6 Å². The highest BCUT2D eigenvalue weighted by Crippen LogP contribution is 2.12. The van der Waals surface area contributed by atoms with E-state index < -0.39 is 5.69 Å². The third kappa shape index (κ3) is 1.76. The predicted octanol–water partition coefficient (Wildman–Crippen LogP) is 1.19. The molecule has 0 fully saturated rings. The monoisotopic (exact) mass is 259 g/mol. The highest BCUT2D eigenvalue weighted by atomic mass is 32.1. The van der Waals surface area contributed by atoms with Gasteiger partial charge in [-0.2, -0.15) is 0 Å². The maximum atomic E-state index is 12.1. The number of rotatable bonds is 2. The first-order valence-corrected chi connectivity index (χ1v) is 6.23. The van der Waals surface area contributed by atoms with Gasteiger partial charge in [0.1, 0.15) is 4.70 Å². The second-order valence-corrected chi connectivity index (χ2v) is 4.76. The molecule has 3 rings (SSSR count). The fraction of sp³-hybridized carbons (Fsp3) is 0.0833. The molecule has 0 atom stereocenters. The number of hydrogen-bond acceptors (Lipinski definition) is 4. The molecule has 0 radical (unpaired) electrons. The lowest BCUT2D eigenvalue weighted by atomic mass is 10.3. The van der Waals surface area contributed by atoms with Gasteiger partial charge in [0.05, 0.1) is 12.1 Å². The molecule has 18 heavy (non-hydrogen) atoms. The van der Waals surface area contributed by atoms with Gasteiger partial charge in [0.25, 0.3) is 5.56 Å². The van der Waals surface area contributed by atoms with Gasteiger partial charge in [-0.1, -0.05) is 6.07 Å². The van der Waals surface area contributed by atoms with Crippen LogP contribution >= 0.6 is 11.3 Å². The Morgan fingerprint density at radius 2 is 2.22 bits per heavy atom. The van der Waals surface area contributed by atoms with Crippen molar-refractivity contribution in [1.82, 2.24) is 14.5 Å². The van der Waals surface area contributed by atoms with E-state index in [1.54, 1.807) is 29.9 Å². The van der Waals surface area contributed by atoms with E-state index in [4.69, 9.17) is 0 Å². The summed E-state index contributed by atoms with van der Waals surface area (Å²) in [6, 6.07) is 5.34. The number of fused-ring (bicyclic) bond motifs is 1. The van der Waals surface area contributed by atoms with Crippen LogP contribution in [0.4, 0.5) is 0 Å². The van der Waals surface area contributed by atoms with Crippen molar-refractivity contribution < 1.29 is 0 Å². The maximum Gasteiger partial charge on any atom is 0.329 e. The molecule has 3 heterocycles. The number of nitrogens with zero attached hydrogens (tertiary/aromatic N) is 2. The second-order valence-electron chi connectivity index (χ2n) is 3.85. The minimum absolute atomic E-state index is 0.232. The Kier molecular flexibility index (Phi) is 2.56. The third-order valence-electron chi connectivity index (χ3n) is 2.65. The topological polar surface area (TPSA) is 67.8 Å². The van der Waals surface area contributed by atoms with Gasteiger partial charge in [0.15, 0.2) is 0 Å². The summed E-state index contributed by atoms with van der Waals surface area (Å²) in [6.07, 6.45) is 3.30. The van der Waals surface area contributed by atoms with Crippen LogP contribution in [0.25, 0.3) is 10.2 Å². The smallest absolute Gasteiger partial charge is 0.306 e. The van der Waals surface area contributed by atoms with Gasteiger partial charge in [-0.3, -0.25) is 14.3 Å². The first kappa shape index (κ1) is 10.9. The summed E-state index contributed by atoms with van der Waals surface area (Å²) in [5, 5.41) is 1.79. The van der Waals surface area contributed by atoms with Crippen LogP contribution in [0.3, 0.4) is 0 Å². The van der Waals surface area contributed by atoms with E-state index in [1.165, 1.54) is 15.9 Å². The molecular weight excluding hydrogens is 250 g/mol. The van der Waals surface area contributed by atoms with Crippen LogP contribution in [-0.2, 0) is 6.54 Å². The molecule has 0 aliphatic heterocycles. The van der Waals surface area contributed by atoms with E-state index in [2.05, 4.69) is 9.97 Å². The average Bonchev–Trinajstić information content (AvgIpc) is 2.84. The lowest BCUT2D eigenvalue weighted by Crippen LogP contribution is -2.34. The van der Waals surface area contributed by atoms with Gasteiger partial charge in [-0.05, 0) is 23.1 Å². The Labute approximate surface area is 105 Å². The normalized spacial score (nSPS) is 10.9. The minimum Gasteiger partial charge on any atom is -0.306 e. The number of nitrogens with one attached hydrogen (secondary N) is 1. The number of aromatic amines is 1. The maximum absolute atomic E-state index is 12.1. The Morgan fingerprint density at radius 1 is 1.33 bits per heavy atom. The summed E-state index contributed by atoms with van der Waals surface area (Å²) in [5.41, 5.74) is 0.765. The van der Waals surface area contributed by atoms with E-state index in [9.17, 15) is 9.59 Å². The highest BCUT2D eigenvalue weighted by molar-refractivity contribution is 7.17. The Hall–Kier alpha value is -2.21. The largest absolute Gasteiger partial charge is 0.329 e. The Morgan fingerprint density at radius 3 is 3.00 bits per heavy atom. The lowest BCUT2D eigenvalue weighted by molar-refractivity contribution is 0.711. The van der Waals surface area contributed by atoms with Crippen molar-refractivity contribution in [2.24, 2.45) is 0 Å². The van der Waals surface area contributed by atoms with Crippen molar-refractivity contribution in [3.8, 4) is 0 Å². The van der Waals surface area contributed by atoms with E-state index in [0.717, 1.165) is 5.56 Å². The number of thiophene rings is 1. The van der Waals surface area contributed by atoms with Crippen LogP contribution in [-0.4, -0.2) is 14.5 Å². The SMILES string of the molecule is O=c1[nH]c2ccsc2c(=O)n1Cc1cccnc1. The first-order valence-electron chi connectivity index (χ1n) is 5.35. The number of hydrogen-bond donors (Lipinski definition) is 1. The van der Waals surface area contributed by atoms with Gasteiger partial charge < -0.3 is 4.98 Å². The van der Waals surface area contributed by atoms with Crippen molar-refractivity contribution in [2.45, 2.75) is 6.54 Å². The number of aromatic nitrogens is 3. The molecule has 5 nitrogen and oxygen atoms in total. The molecule has 0 saturated carbocycles. The van der Waals surface area contributed by atoms with Gasteiger partial charge >= 0.3 is 5.69 Å². The van der Waals surface area contributed by atoms with Crippen molar-refractivity contribution in [3.63, 3.8) is 0 Å². The molecule has 6 heteroatoms. The van der Waals surface area contributed by atoms with E-state index in [-0.39, 0.29) is 12.1 Å². The minimum atomic E-state index is -0.394. The zero-order chi connectivity index (χ0) is 12.5. The quantitative estimate of drug-likeness (QED) is 0.751. The lowest BCUT2D eigenvalue weighted by Gasteiger charge is -2.04. The highest BCUT2D eigenvalue weighted by Gasteiger charge is 2.08. The van der Waals surface area contributed by atoms with Gasteiger partial charge in [0.2, 0.25) is 0 Å². The summed E-state index contributed by atoms with van der Waals surface area (Å²) < 4.78 is 1.76. The fourth-order valence-electron chi connectivity index (χ4n) is 1.79. The Balaban J connectivity index is 2.18. The number of pyridine rings is 1. The molecule has 0 aliphatic carbocycles. The summed E-state index contributed by atoms with van der Waals surface area (Å²) in [7, 11) is 0. The molecule has 3 aromatic rings. The molecule has 0 aromatic carbocycles. The molecule has 0 amide bonds. The predicted molar refractivity (Wildman–Crippen MR) is 70.0 cm³/mol. The molecule has 0 spiro atoms. The molecule has 0 aliphatic rings. The second kappa shape index (κ2) is 4.23. The van der Waals surface area contributed by atoms with Crippen LogP contribution < -0.4 is 11.2 Å². The van der Waals surface area contributed by atoms with E-state index in [1.807, 2.05) is 6.07 Å². The van der Waals surface area contributed by atoms with Crippen molar-refractivity contribution >= 4 is 21.6 Å². The number of H-pyrrole nitrogens is 1.